The summed E-state index contributed by atoms with van der Waals surface area (Å²) in [6, 6.07) is 17.1. The molecule has 31 heavy (non-hydrogen) atoms. The molecule has 0 radical (unpaired) electrons. The van der Waals surface area contributed by atoms with Crippen LogP contribution >= 0.6 is 11.6 Å². The molecule has 5 heteroatoms. The van der Waals surface area contributed by atoms with E-state index in [0.29, 0.717) is 24.4 Å². The molecule has 1 saturated carbocycles. The predicted octanol–water partition coefficient (Wildman–Crippen LogP) is 5.53. The Balaban J connectivity index is 1.87. The number of hydrogen-bond donors (Lipinski definition) is 1. The molecule has 0 saturated heterocycles. The Labute approximate surface area is 191 Å². The van der Waals surface area contributed by atoms with Crippen molar-refractivity contribution in [3.8, 4) is 0 Å². The first-order valence-corrected chi connectivity index (χ1v) is 11.8. The number of carbonyl (C=O) groups excluding carboxylic acids is 2. The van der Waals surface area contributed by atoms with Crippen molar-refractivity contribution >= 4 is 23.4 Å². The van der Waals surface area contributed by atoms with Crippen LogP contribution in [-0.2, 0) is 22.6 Å². The molecule has 0 unspecified atom stereocenters. The van der Waals surface area contributed by atoms with Crippen LogP contribution in [-0.4, -0.2) is 28.8 Å². The van der Waals surface area contributed by atoms with E-state index in [2.05, 4.69) is 5.32 Å². The molecule has 0 heterocycles. The van der Waals surface area contributed by atoms with E-state index in [9.17, 15) is 9.59 Å². The quantitative estimate of drug-likeness (QED) is 0.557. The maximum Gasteiger partial charge on any atom is 0.243 e. The van der Waals surface area contributed by atoms with Crippen molar-refractivity contribution < 1.29 is 9.59 Å². The van der Waals surface area contributed by atoms with Gasteiger partial charge in [0, 0.05) is 30.5 Å². The Morgan fingerprint density at radius 2 is 1.68 bits per heavy atom. The highest BCUT2D eigenvalue weighted by Gasteiger charge is 2.31. The smallest absolute Gasteiger partial charge is 0.243 e. The van der Waals surface area contributed by atoms with E-state index < -0.39 is 6.04 Å². The fraction of sp³-hybridized carbons (Fsp3) is 0.462. The van der Waals surface area contributed by atoms with Gasteiger partial charge in [-0.15, -0.1) is 0 Å². The average molecular weight is 441 g/mol. The Hall–Kier alpha value is -2.33. The van der Waals surface area contributed by atoms with Crippen molar-refractivity contribution in [1.82, 2.24) is 10.2 Å². The lowest BCUT2D eigenvalue weighted by atomic mass is 9.94. The second-order valence-electron chi connectivity index (χ2n) is 8.45. The molecule has 1 aliphatic rings. The lowest BCUT2D eigenvalue weighted by Crippen LogP contribution is -2.52. The maximum atomic E-state index is 13.5. The third kappa shape index (κ3) is 7.10. The zero-order valence-corrected chi connectivity index (χ0v) is 19.1. The van der Waals surface area contributed by atoms with E-state index in [0.717, 1.165) is 43.2 Å². The van der Waals surface area contributed by atoms with Crippen molar-refractivity contribution in [2.24, 2.45) is 0 Å². The minimum atomic E-state index is -0.543. The van der Waals surface area contributed by atoms with Crippen LogP contribution in [0.15, 0.2) is 54.6 Å². The molecule has 1 N–H and O–H groups in total. The number of amides is 2. The minimum absolute atomic E-state index is 0.0113. The lowest BCUT2D eigenvalue weighted by Gasteiger charge is -2.33. The van der Waals surface area contributed by atoms with Crippen molar-refractivity contribution in [1.29, 1.82) is 0 Å². The molecule has 3 rings (SSSR count). The lowest BCUT2D eigenvalue weighted by molar-refractivity contribution is -0.141. The van der Waals surface area contributed by atoms with Crippen LogP contribution < -0.4 is 5.32 Å². The van der Waals surface area contributed by atoms with E-state index in [-0.39, 0.29) is 17.9 Å². The number of nitrogens with one attached hydrogen (secondary N) is 1. The Kier molecular flexibility index (Phi) is 8.96. The fourth-order valence-electron chi connectivity index (χ4n) is 4.24. The molecule has 2 aromatic carbocycles. The van der Waals surface area contributed by atoms with E-state index in [1.54, 1.807) is 4.90 Å². The van der Waals surface area contributed by atoms with Crippen LogP contribution in [0.4, 0.5) is 0 Å². The highest BCUT2D eigenvalue weighted by molar-refractivity contribution is 6.30. The summed E-state index contributed by atoms with van der Waals surface area (Å²) >= 11 is 6.04. The summed E-state index contributed by atoms with van der Waals surface area (Å²) in [5.74, 6) is -0.0358. The van der Waals surface area contributed by atoms with Gasteiger partial charge >= 0.3 is 0 Å². The standard InChI is InChI=1S/C26H33ClN2O2/c1-2-9-25(30)29(19-21-14-16-22(27)17-15-21)24(18-20-10-5-3-6-11-20)26(31)28-23-12-7-4-8-13-23/h3,5-6,10-11,14-17,23-24H,2,4,7-9,12-13,18-19H2,1H3,(H,28,31)/t24-/m0/s1. The molecule has 1 fully saturated rings. The highest BCUT2D eigenvalue weighted by atomic mass is 35.5. The molecule has 1 aliphatic carbocycles. The SMILES string of the molecule is CCCC(=O)N(Cc1ccc(Cl)cc1)[C@@H](Cc1ccccc1)C(=O)NC1CCCCC1. The molecule has 0 aromatic heterocycles. The molecule has 0 bridgehead atoms. The molecule has 2 aromatic rings. The predicted molar refractivity (Wildman–Crippen MR) is 126 cm³/mol. The van der Waals surface area contributed by atoms with Crippen molar-refractivity contribution in [2.75, 3.05) is 0 Å². The number of rotatable bonds is 9. The highest BCUT2D eigenvalue weighted by Crippen LogP contribution is 2.21. The van der Waals surface area contributed by atoms with Crippen molar-refractivity contribution in [2.45, 2.75) is 76.9 Å². The van der Waals surface area contributed by atoms with E-state index >= 15 is 0 Å². The van der Waals surface area contributed by atoms with Crippen molar-refractivity contribution in [3.05, 3.63) is 70.7 Å². The van der Waals surface area contributed by atoms with E-state index in [1.165, 1.54) is 6.42 Å². The zero-order chi connectivity index (χ0) is 22.1. The van der Waals surface area contributed by atoms with Crippen LogP contribution in [0, 0.1) is 0 Å². The number of benzene rings is 2. The summed E-state index contributed by atoms with van der Waals surface area (Å²) in [5.41, 5.74) is 2.02. The molecule has 0 aliphatic heterocycles. The fourth-order valence-corrected chi connectivity index (χ4v) is 4.37. The second-order valence-corrected chi connectivity index (χ2v) is 8.88. The van der Waals surface area contributed by atoms with Crippen LogP contribution in [0.1, 0.15) is 63.0 Å². The van der Waals surface area contributed by atoms with Gasteiger partial charge < -0.3 is 10.2 Å². The largest absolute Gasteiger partial charge is 0.352 e. The summed E-state index contributed by atoms with van der Waals surface area (Å²) in [6.45, 7) is 2.39. The molecule has 166 valence electrons. The van der Waals surface area contributed by atoms with Gasteiger partial charge in [0.1, 0.15) is 6.04 Å². The monoisotopic (exact) mass is 440 g/mol. The Morgan fingerprint density at radius 1 is 1.00 bits per heavy atom. The summed E-state index contributed by atoms with van der Waals surface area (Å²) in [5, 5.41) is 3.92. The molecule has 2 amide bonds. The van der Waals surface area contributed by atoms with E-state index in [1.807, 2.05) is 61.5 Å². The Bertz CT molecular complexity index is 832. The zero-order valence-electron chi connectivity index (χ0n) is 18.4. The van der Waals surface area contributed by atoms with Crippen molar-refractivity contribution in [3.63, 3.8) is 0 Å². The van der Waals surface area contributed by atoms with Gasteiger partial charge in [0.15, 0.2) is 0 Å². The van der Waals surface area contributed by atoms with E-state index in [4.69, 9.17) is 11.6 Å². The van der Waals surface area contributed by atoms with Gasteiger partial charge in [0.2, 0.25) is 11.8 Å². The summed E-state index contributed by atoms with van der Waals surface area (Å²) in [4.78, 5) is 28.4. The second kappa shape index (κ2) is 11.9. The van der Waals surface area contributed by atoms with Crippen LogP contribution in [0.25, 0.3) is 0 Å². The summed E-state index contributed by atoms with van der Waals surface area (Å²) < 4.78 is 0. The summed E-state index contributed by atoms with van der Waals surface area (Å²) in [7, 11) is 0. The van der Waals surface area contributed by atoms with Gasteiger partial charge in [-0.1, -0.05) is 80.3 Å². The number of hydrogen-bond acceptors (Lipinski definition) is 2. The Morgan fingerprint density at radius 3 is 2.32 bits per heavy atom. The molecule has 0 spiro atoms. The molecular weight excluding hydrogens is 408 g/mol. The topological polar surface area (TPSA) is 49.4 Å². The molecule has 1 atom stereocenters. The van der Waals surface area contributed by atoms with Crippen LogP contribution in [0.3, 0.4) is 0 Å². The first-order valence-electron chi connectivity index (χ1n) is 11.4. The molecular formula is C26H33ClN2O2. The molecule has 4 nitrogen and oxygen atoms in total. The maximum absolute atomic E-state index is 13.5. The van der Waals surface area contributed by atoms with Gasteiger partial charge in [-0.05, 0) is 42.5 Å². The average Bonchev–Trinajstić information content (AvgIpc) is 2.79. The first-order chi connectivity index (χ1) is 15.1. The van der Waals surface area contributed by atoms with Gasteiger partial charge in [0.25, 0.3) is 0 Å². The normalized spacial score (nSPS) is 15.3. The first kappa shape index (κ1) is 23.3. The summed E-state index contributed by atoms with van der Waals surface area (Å²) in [6.07, 6.45) is 7.25. The van der Waals surface area contributed by atoms with Gasteiger partial charge in [-0.3, -0.25) is 9.59 Å². The van der Waals surface area contributed by atoms with Gasteiger partial charge in [-0.25, -0.2) is 0 Å². The number of nitrogens with zero attached hydrogens (tertiary/aromatic N) is 1. The number of halogens is 1. The third-order valence-electron chi connectivity index (χ3n) is 5.95. The van der Waals surface area contributed by atoms with Crippen LogP contribution in [0.5, 0.6) is 0 Å². The number of carbonyl (C=O) groups is 2. The van der Waals surface area contributed by atoms with Crippen LogP contribution in [0.2, 0.25) is 5.02 Å². The minimum Gasteiger partial charge on any atom is -0.352 e. The van der Waals surface area contributed by atoms with Gasteiger partial charge in [0.05, 0.1) is 0 Å². The van der Waals surface area contributed by atoms with Gasteiger partial charge in [-0.2, -0.15) is 0 Å². The third-order valence-corrected chi connectivity index (χ3v) is 6.20.